The van der Waals surface area contributed by atoms with Gasteiger partial charge >= 0.3 is 0 Å². The summed E-state index contributed by atoms with van der Waals surface area (Å²) in [6.07, 6.45) is 3.67. The largest absolute Gasteiger partial charge is 0.353 e. The fraction of sp³-hybridized carbons (Fsp3) is 0.417. The number of carbonyl (C=O) groups excluding carboxylic acids is 1. The van der Waals surface area contributed by atoms with Crippen molar-refractivity contribution >= 4 is 17.5 Å². The highest BCUT2D eigenvalue weighted by atomic mass is 35.5. The number of hydrogen-bond donors (Lipinski definition) is 1. The maximum Gasteiger partial charge on any atom is 0.220 e. The van der Waals surface area contributed by atoms with Crippen LogP contribution in [0.1, 0.15) is 24.8 Å². The summed E-state index contributed by atoms with van der Waals surface area (Å²) in [6, 6.07) is 8.11. The van der Waals surface area contributed by atoms with E-state index < -0.39 is 0 Å². The van der Waals surface area contributed by atoms with Gasteiger partial charge in [-0.1, -0.05) is 23.7 Å². The SMILES string of the molecule is O=C1CCCC(Cc2ccc(Cl)cc2)N1. The van der Waals surface area contributed by atoms with Gasteiger partial charge in [0.15, 0.2) is 0 Å². The number of halogens is 1. The molecule has 1 unspecified atom stereocenters. The minimum Gasteiger partial charge on any atom is -0.353 e. The molecule has 1 aromatic rings. The van der Waals surface area contributed by atoms with Crippen molar-refractivity contribution < 1.29 is 4.79 Å². The average Bonchev–Trinajstić information content (AvgIpc) is 2.22. The quantitative estimate of drug-likeness (QED) is 0.821. The first-order chi connectivity index (χ1) is 7.24. The minimum absolute atomic E-state index is 0.181. The Bertz CT molecular complexity index is 347. The molecule has 0 aromatic heterocycles. The third-order valence-electron chi connectivity index (χ3n) is 2.72. The molecule has 1 amide bonds. The lowest BCUT2D eigenvalue weighted by Gasteiger charge is -2.23. The monoisotopic (exact) mass is 223 g/mol. The maximum atomic E-state index is 11.2. The molecule has 0 radical (unpaired) electrons. The minimum atomic E-state index is 0.181. The van der Waals surface area contributed by atoms with Gasteiger partial charge in [-0.05, 0) is 37.0 Å². The van der Waals surface area contributed by atoms with Crippen LogP contribution < -0.4 is 5.32 Å². The van der Waals surface area contributed by atoms with Crippen molar-refractivity contribution in [1.82, 2.24) is 5.32 Å². The molecule has 1 heterocycles. The zero-order chi connectivity index (χ0) is 10.7. The second-order valence-electron chi connectivity index (χ2n) is 3.99. The molecule has 2 nitrogen and oxygen atoms in total. The molecule has 1 aromatic carbocycles. The summed E-state index contributed by atoms with van der Waals surface area (Å²) in [7, 11) is 0. The second-order valence-corrected chi connectivity index (χ2v) is 4.42. The lowest BCUT2D eigenvalue weighted by atomic mass is 9.97. The van der Waals surface area contributed by atoms with Crippen molar-refractivity contribution in [3.05, 3.63) is 34.9 Å². The van der Waals surface area contributed by atoms with Crippen LogP contribution in [0.15, 0.2) is 24.3 Å². The predicted molar refractivity (Wildman–Crippen MR) is 60.9 cm³/mol. The van der Waals surface area contributed by atoms with E-state index in [0.717, 1.165) is 24.3 Å². The fourth-order valence-electron chi connectivity index (χ4n) is 1.94. The first-order valence-electron chi connectivity index (χ1n) is 5.28. The fourth-order valence-corrected chi connectivity index (χ4v) is 2.07. The highest BCUT2D eigenvalue weighted by Crippen LogP contribution is 2.15. The maximum absolute atomic E-state index is 11.2. The molecule has 1 aliphatic heterocycles. The first-order valence-corrected chi connectivity index (χ1v) is 5.65. The van der Waals surface area contributed by atoms with Gasteiger partial charge < -0.3 is 5.32 Å². The zero-order valence-electron chi connectivity index (χ0n) is 8.50. The number of amides is 1. The van der Waals surface area contributed by atoms with Crippen LogP contribution in [0.5, 0.6) is 0 Å². The molecule has 3 heteroatoms. The standard InChI is InChI=1S/C12H14ClNO/c13-10-6-4-9(5-7-10)8-11-2-1-3-12(15)14-11/h4-7,11H,1-3,8H2,(H,14,15). The van der Waals surface area contributed by atoms with Crippen molar-refractivity contribution in [3.63, 3.8) is 0 Å². The summed E-state index contributed by atoms with van der Waals surface area (Å²) in [5.41, 5.74) is 1.23. The third-order valence-corrected chi connectivity index (χ3v) is 2.97. The number of carbonyl (C=O) groups is 1. The van der Waals surface area contributed by atoms with Crippen LogP contribution >= 0.6 is 11.6 Å². The van der Waals surface area contributed by atoms with Gasteiger partial charge in [0.2, 0.25) is 5.91 Å². The van der Waals surface area contributed by atoms with Gasteiger partial charge in [0.05, 0.1) is 0 Å². The Labute approximate surface area is 94.6 Å². The van der Waals surface area contributed by atoms with E-state index in [4.69, 9.17) is 11.6 Å². The van der Waals surface area contributed by atoms with Crippen LogP contribution in [0.2, 0.25) is 5.02 Å². The first kappa shape index (κ1) is 10.5. The van der Waals surface area contributed by atoms with Gasteiger partial charge in [-0.25, -0.2) is 0 Å². The molecule has 2 rings (SSSR count). The third kappa shape index (κ3) is 2.96. The Morgan fingerprint density at radius 3 is 2.73 bits per heavy atom. The molecule has 1 aliphatic rings. The van der Waals surface area contributed by atoms with E-state index in [-0.39, 0.29) is 5.91 Å². The lowest BCUT2D eigenvalue weighted by Crippen LogP contribution is -2.39. The summed E-state index contributed by atoms with van der Waals surface area (Å²) in [4.78, 5) is 11.2. The Hall–Kier alpha value is -1.02. The number of piperidine rings is 1. The molecule has 1 N–H and O–H groups in total. The van der Waals surface area contributed by atoms with Crippen LogP contribution in [0.25, 0.3) is 0 Å². The Morgan fingerprint density at radius 2 is 2.07 bits per heavy atom. The number of benzene rings is 1. The lowest BCUT2D eigenvalue weighted by molar-refractivity contribution is -0.123. The molecule has 1 saturated heterocycles. The van der Waals surface area contributed by atoms with Gasteiger partial charge in [-0.15, -0.1) is 0 Å². The Morgan fingerprint density at radius 1 is 1.33 bits per heavy atom. The topological polar surface area (TPSA) is 29.1 Å². The predicted octanol–water partition coefficient (Wildman–Crippen LogP) is 2.55. The highest BCUT2D eigenvalue weighted by Gasteiger charge is 2.17. The molecule has 80 valence electrons. The number of nitrogens with one attached hydrogen (secondary N) is 1. The number of hydrogen-bond acceptors (Lipinski definition) is 1. The smallest absolute Gasteiger partial charge is 0.220 e. The van der Waals surface area contributed by atoms with E-state index in [1.807, 2.05) is 24.3 Å². The van der Waals surface area contributed by atoms with Crippen LogP contribution in [0.4, 0.5) is 0 Å². The molecular weight excluding hydrogens is 210 g/mol. The summed E-state index contributed by atoms with van der Waals surface area (Å²) in [6.45, 7) is 0. The summed E-state index contributed by atoms with van der Waals surface area (Å²) < 4.78 is 0. The summed E-state index contributed by atoms with van der Waals surface area (Å²) >= 11 is 5.81. The molecule has 0 bridgehead atoms. The van der Waals surface area contributed by atoms with Gasteiger partial charge in [-0.2, -0.15) is 0 Å². The molecule has 1 atom stereocenters. The van der Waals surface area contributed by atoms with Gasteiger partial charge in [0, 0.05) is 17.5 Å². The van der Waals surface area contributed by atoms with Gasteiger partial charge in [0.1, 0.15) is 0 Å². The molecule has 1 fully saturated rings. The highest BCUT2D eigenvalue weighted by molar-refractivity contribution is 6.30. The van der Waals surface area contributed by atoms with E-state index in [1.54, 1.807) is 0 Å². The van der Waals surface area contributed by atoms with Crippen LogP contribution in [-0.4, -0.2) is 11.9 Å². The van der Waals surface area contributed by atoms with Crippen LogP contribution in [-0.2, 0) is 11.2 Å². The van der Waals surface area contributed by atoms with E-state index >= 15 is 0 Å². The van der Waals surface area contributed by atoms with Crippen molar-refractivity contribution in [2.75, 3.05) is 0 Å². The van der Waals surface area contributed by atoms with E-state index in [2.05, 4.69) is 5.32 Å². The Balaban J connectivity index is 1.96. The van der Waals surface area contributed by atoms with Crippen LogP contribution in [0.3, 0.4) is 0 Å². The van der Waals surface area contributed by atoms with E-state index in [0.29, 0.717) is 12.5 Å². The van der Waals surface area contributed by atoms with Crippen molar-refractivity contribution in [3.8, 4) is 0 Å². The normalized spacial score (nSPS) is 21.1. The molecule has 15 heavy (non-hydrogen) atoms. The van der Waals surface area contributed by atoms with Gasteiger partial charge in [0.25, 0.3) is 0 Å². The molecule has 0 aliphatic carbocycles. The molecule has 0 saturated carbocycles. The van der Waals surface area contributed by atoms with Crippen molar-refractivity contribution in [1.29, 1.82) is 0 Å². The Kier molecular flexibility index (Phi) is 3.27. The summed E-state index contributed by atoms with van der Waals surface area (Å²) in [5.74, 6) is 0.181. The molecule has 0 spiro atoms. The van der Waals surface area contributed by atoms with E-state index in [9.17, 15) is 4.79 Å². The van der Waals surface area contributed by atoms with Crippen LogP contribution in [0, 0.1) is 0 Å². The van der Waals surface area contributed by atoms with Crippen molar-refractivity contribution in [2.24, 2.45) is 0 Å². The average molecular weight is 224 g/mol. The van der Waals surface area contributed by atoms with Gasteiger partial charge in [-0.3, -0.25) is 4.79 Å². The zero-order valence-corrected chi connectivity index (χ0v) is 9.26. The number of rotatable bonds is 2. The molecular formula is C12H14ClNO. The van der Waals surface area contributed by atoms with Crippen molar-refractivity contribution in [2.45, 2.75) is 31.7 Å². The second kappa shape index (κ2) is 4.67. The summed E-state index contributed by atoms with van der Waals surface area (Å²) in [5, 5.41) is 3.76. The van der Waals surface area contributed by atoms with E-state index in [1.165, 1.54) is 5.56 Å².